The predicted octanol–water partition coefficient (Wildman–Crippen LogP) is 6.77. The Morgan fingerprint density at radius 2 is 1.53 bits per heavy atom. The van der Waals surface area contributed by atoms with Crippen LogP contribution in [0.1, 0.15) is 92.7 Å². The zero-order valence-corrected chi connectivity index (χ0v) is 21.1. The van der Waals surface area contributed by atoms with Crippen LogP contribution in [0.3, 0.4) is 0 Å². The number of hydrogen-bond donors (Lipinski definition) is 1. The summed E-state index contributed by atoms with van der Waals surface area (Å²) in [7, 11) is 0. The lowest BCUT2D eigenvalue weighted by Gasteiger charge is -2.22. The van der Waals surface area contributed by atoms with Crippen molar-refractivity contribution >= 4 is 27.5 Å². The largest absolute Gasteiger partial charge is 0.347 e. The molecule has 0 saturated carbocycles. The van der Waals surface area contributed by atoms with Crippen molar-refractivity contribution in [2.75, 3.05) is 5.32 Å². The van der Waals surface area contributed by atoms with E-state index in [1.165, 1.54) is 0 Å². The second-order valence-corrected chi connectivity index (χ2v) is 9.89. The molecule has 1 aromatic carbocycles. The number of amides is 1. The average molecular weight is 475 g/mol. The van der Waals surface area contributed by atoms with Crippen molar-refractivity contribution in [1.82, 2.24) is 4.57 Å². The second kappa shape index (κ2) is 9.95. The first-order valence-corrected chi connectivity index (χ1v) is 11.6. The number of nitrogens with one attached hydrogen (secondary N) is 1. The van der Waals surface area contributed by atoms with Gasteiger partial charge < -0.3 is 9.88 Å². The lowest BCUT2D eigenvalue weighted by molar-refractivity contribution is 0.102. The number of hydrogen-bond acceptors (Lipinski definition) is 2. The van der Waals surface area contributed by atoms with Crippen LogP contribution in [0.15, 0.2) is 27.5 Å². The number of rotatable bonds is 7. The Hall–Kier alpha value is -1.88. The number of para-hydroxylation sites is 1. The van der Waals surface area contributed by atoms with Crippen LogP contribution in [0.25, 0.3) is 0 Å². The topological polar surface area (TPSA) is 51.1 Å². The Balaban J connectivity index is 2.59. The summed E-state index contributed by atoms with van der Waals surface area (Å²) in [5, 5.41) is 3.11. The van der Waals surface area contributed by atoms with Gasteiger partial charge in [-0.2, -0.15) is 0 Å². The van der Waals surface area contributed by atoms with Crippen LogP contribution < -0.4 is 10.7 Å². The molecular weight excluding hydrogens is 440 g/mol. The Labute approximate surface area is 189 Å². The Morgan fingerprint density at radius 1 is 1.00 bits per heavy atom. The van der Waals surface area contributed by atoms with Gasteiger partial charge >= 0.3 is 0 Å². The Bertz CT molecular complexity index is 961. The van der Waals surface area contributed by atoms with E-state index >= 15 is 0 Å². The second-order valence-electron chi connectivity index (χ2n) is 9.10. The van der Waals surface area contributed by atoms with Gasteiger partial charge in [-0.1, -0.05) is 59.7 Å². The van der Waals surface area contributed by atoms with E-state index in [0.29, 0.717) is 16.1 Å². The van der Waals surface area contributed by atoms with Crippen LogP contribution in [0.2, 0.25) is 0 Å². The minimum Gasteiger partial charge on any atom is -0.347 e. The molecule has 1 heterocycles. The molecule has 1 amide bonds. The van der Waals surface area contributed by atoms with Crippen molar-refractivity contribution in [2.24, 2.45) is 5.92 Å². The number of aromatic nitrogens is 1. The number of pyridine rings is 1. The normalized spacial score (nSPS) is 11.6. The van der Waals surface area contributed by atoms with Crippen LogP contribution in [-0.2, 0) is 6.54 Å². The van der Waals surface area contributed by atoms with E-state index in [1.807, 2.05) is 32.0 Å². The van der Waals surface area contributed by atoms with Gasteiger partial charge in [0.05, 0.1) is 4.47 Å². The van der Waals surface area contributed by atoms with Crippen molar-refractivity contribution < 1.29 is 4.79 Å². The molecule has 1 N–H and O–H groups in total. The minimum atomic E-state index is -0.341. The first-order chi connectivity index (χ1) is 14.0. The number of benzene rings is 1. The molecule has 0 atom stereocenters. The van der Waals surface area contributed by atoms with E-state index in [4.69, 9.17) is 0 Å². The maximum atomic E-state index is 13.4. The zero-order valence-electron chi connectivity index (χ0n) is 19.5. The summed E-state index contributed by atoms with van der Waals surface area (Å²) >= 11 is 3.44. The first kappa shape index (κ1) is 24.4. The summed E-state index contributed by atoms with van der Waals surface area (Å²) in [4.78, 5) is 26.5. The molecule has 5 heteroatoms. The van der Waals surface area contributed by atoms with Gasteiger partial charge in [0.15, 0.2) is 0 Å². The number of halogens is 1. The molecule has 0 saturated heterocycles. The summed E-state index contributed by atoms with van der Waals surface area (Å²) in [6.45, 7) is 17.4. The molecule has 30 heavy (non-hydrogen) atoms. The molecule has 0 aliphatic carbocycles. The molecule has 2 aromatic rings. The highest BCUT2D eigenvalue weighted by Gasteiger charge is 2.23. The number of nitrogens with zero attached hydrogens (tertiary/aromatic N) is 1. The summed E-state index contributed by atoms with van der Waals surface area (Å²) in [5.74, 6) is 0.706. The molecule has 0 radical (unpaired) electrons. The lowest BCUT2D eigenvalue weighted by Crippen LogP contribution is -2.29. The maximum absolute atomic E-state index is 13.4. The predicted molar refractivity (Wildman–Crippen MR) is 130 cm³/mol. The average Bonchev–Trinajstić information content (AvgIpc) is 2.65. The summed E-state index contributed by atoms with van der Waals surface area (Å²) in [6, 6.07) is 6.13. The molecule has 1 aromatic heterocycles. The third-order valence-electron chi connectivity index (χ3n) is 5.68. The quantitative estimate of drug-likeness (QED) is 0.480. The van der Waals surface area contributed by atoms with Crippen molar-refractivity contribution in [3.05, 3.63) is 61.0 Å². The molecule has 0 aliphatic rings. The molecule has 2 rings (SSSR count). The first-order valence-electron chi connectivity index (χ1n) is 10.8. The van der Waals surface area contributed by atoms with Crippen LogP contribution in [0.5, 0.6) is 0 Å². The molecule has 4 nitrogen and oxygen atoms in total. The number of carbonyl (C=O) groups excluding carboxylic acids is 1. The highest BCUT2D eigenvalue weighted by molar-refractivity contribution is 9.10. The van der Waals surface area contributed by atoms with E-state index in [1.54, 1.807) is 0 Å². The summed E-state index contributed by atoms with van der Waals surface area (Å²) < 4.78 is 2.54. The third-order valence-corrected chi connectivity index (χ3v) is 6.62. The molecule has 0 bridgehead atoms. The molecule has 0 fully saturated rings. The maximum Gasteiger partial charge on any atom is 0.261 e. The van der Waals surface area contributed by atoms with E-state index in [0.717, 1.165) is 35.5 Å². The minimum absolute atomic E-state index is 0.212. The monoisotopic (exact) mass is 474 g/mol. The number of carbonyl (C=O) groups is 1. The van der Waals surface area contributed by atoms with Gasteiger partial charge in [0.25, 0.3) is 5.91 Å². The van der Waals surface area contributed by atoms with E-state index in [9.17, 15) is 9.59 Å². The summed E-state index contributed by atoms with van der Waals surface area (Å²) in [6.07, 6.45) is 0.978. The smallest absolute Gasteiger partial charge is 0.261 e. The molecule has 0 spiro atoms. The van der Waals surface area contributed by atoms with Gasteiger partial charge in [0, 0.05) is 23.6 Å². The van der Waals surface area contributed by atoms with Crippen molar-refractivity contribution in [1.29, 1.82) is 0 Å². The van der Waals surface area contributed by atoms with Crippen molar-refractivity contribution in [3.8, 4) is 0 Å². The van der Waals surface area contributed by atoms with E-state index in [-0.39, 0.29) is 28.7 Å². The molecule has 0 aliphatic heterocycles. The highest BCUT2D eigenvalue weighted by Crippen LogP contribution is 2.33. The van der Waals surface area contributed by atoms with E-state index in [2.05, 4.69) is 67.4 Å². The van der Waals surface area contributed by atoms with E-state index < -0.39 is 0 Å². The highest BCUT2D eigenvalue weighted by atomic mass is 79.9. The van der Waals surface area contributed by atoms with Crippen molar-refractivity contribution in [3.63, 3.8) is 0 Å². The van der Waals surface area contributed by atoms with Gasteiger partial charge in [-0.15, -0.1) is 0 Å². The fourth-order valence-electron chi connectivity index (χ4n) is 3.80. The van der Waals surface area contributed by atoms with Crippen LogP contribution in [0.4, 0.5) is 5.69 Å². The van der Waals surface area contributed by atoms with Gasteiger partial charge in [0.2, 0.25) is 5.43 Å². The Kier molecular flexibility index (Phi) is 8.09. The van der Waals surface area contributed by atoms with Crippen molar-refractivity contribution in [2.45, 2.75) is 80.2 Å². The standard InChI is InChI=1S/C25H35BrN2O2/c1-14(2)12-13-28-17(7)21(24(29)22(26)18(28)8)25(30)27-23-19(15(3)4)10-9-11-20(23)16(5)6/h9-11,14-16H,12-13H2,1-8H3,(H,27,30). The lowest BCUT2D eigenvalue weighted by atomic mass is 9.92. The fraction of sp³-hybridized carbons (Fsp3) is 0.520. The van der Waals surface area contributed by atoms with Crippen LogP contribution in [0, 0.1) is 19.8 Å². The molecule has 164 valence electrons. The molecule has 0 unspecified atom stereocenters. The third kappa shape index (κ3) is 5.05. The van der Waals surface area contributed by atoms with Crippen LogP contribution in [-0.4, -0.2) is 10.5 Å². The van der Waals surface area contributed by atoms with Gasteiger partial charge in [-0.3, -0.25) is 9.59 Å². The van der Waals surface area contributed by atoms with Gasteiger partial charge in [0.1, 0.15) is 5.56 Å². The van der Waals surface area contributed by atoms with Crippen LogP contribution >= 0.6 is 15.9 Å². The Morgan fingerprint density at radius 3 is 2.00 bits per heavy atom. The fourth-order valence-corrected chi connectivity index (χ4v) is 4.22. The SMILES string of the molecule is Cc1c(Br)c(=O)c(C(=O)Nc2c(C(C)C)cccc2C(C)C)c(C)n1CCC(C)C. The molecular formula is C25H35BrN2O2. The van der Waals surface area contributed by atoms with Gasteiger partial charge in [-0.25, -0.2) is 0 Å². The zero-order chi connectivity index (χ0) is 22.7. The summed E-state index contributed by atoms with van der Waals surface area (Å²) in [5.41, 5.74) is 4.53. The van der Waals surface area contributed by atoms with Gasteiger partial charge in [-0.05, 0) is 65.1 Å². The number of anilines is 1.